The van der Waals surface area contributed by atoms with Gasteiger partial charge in [0, 0.05) is 20.6 Å². The monoisotopic (exact) mass is 369 g/mol. The third kappa shape index (κ3) is 6.87. The van der Waals surface area contributed by atoms with Gasteiger partial charge in [-0.1, -0.05) is 0 Å². The summed E-state index contributed by atoms with van der Waals surface area (Å²) in [7, 11) is -0.225. The van der Waals surface area contributed by atoms with Crippen LogP contribution in [0.3, 0.4) is 0 Å². The highest BCUT2D eigenvalue weighted by Crippen LogP contribution is 2.49. The van der Waals surface area contributed by atoms with Crippen LogP contribution < -0.4 is 0 Å². The maximum absolute atomic E-state index is 14.4. The average molecular weight is 369 g/mol. The standard InChI is InChI=1S/C15H28FN2O3P.CH4O/c1-10(2)18(11(3)4)22(19-9-8-17-7)21-15-13(6)20-12(5)14(15)16;1-2/h10-15H,8-9H2,1-6H3;2H,1H3/t12-,13+,14?,15-,22?;/m0./s1/i6D;2T. The maximum atomic E-state index is 14.4. The summed E-state index contributed by atoms with van der Waals surface area (Å²) in [5.74, 6) is 0. The zero-order valence-electron chi connectivity index (χ0n) is 17.4. The second-order valence-electron chi connectivity index (χ2n) is 5.91. The van der Waals surface area contributed by atoms with Crippen molar-refractivity contribution in [3.05, 3.63) is 11.4 Å². The van der Waals surface area contributed by atoms with E-state index in [2.05, 4.69) is 14.6 Å². The van der Waals surface area contributed by atoms with Gasteiger partial charge in [-0.2, -0.15) is 0 Å². The van der Waals surface area contributed by atoms with Gasteiger partial charge in [-0.3, -0.25) is 0 Å². The second-order valence-corrected chi connectivity index (χ2v) is 7.32. The van der Waals surface area contributed by atoms with Gasteiger partial charge in [-0.05, 0) is 41.5 Å². The van der Waals surface area contributed by atoms with Crippen molar-refractivity contribution in [2.75, 3.05) is 20.3 Å². The smallest absolute Gasteiger partial charge is 0.259 e. The Balaban J connectivity index is 0.00000194. The van der Waals surface area contributed by atoms with Crippen molar-refractivity contribution in [1.29, 1.82) is 1.43 Å². The van der Waals surface area contributed by atoms with E-state index in [-0.39, 0.29) is 32.1 Å². The van der Waals surface area contributed by atoms with Crippen molar-refractivity contribution >= 4 is 8.53 Å². The summed E-state index contributed by atoms with van der Waals surface area (Å²) < 4.78 is 46.9. The first-order chi connectivity index (χ1) is 12.2. The van der Waals surface area contributed by atoms with Gasteiger partial charge in [0.05, 0.1) is 12.2 Å². The molecule has 0 radical (unpaired) electrons. The Morgan fingerprint density at radius 2 is 2.04 bits per heavy atom. The molecule has 1 heterocycles. The van der Waals surface area contributed by atoms with Gasteiger partial charge in [-0.15, -0.1) is 0 Å². The van der Waals surface area contributed by atoms with Crippen molar-refractivity contribution in [1.82, 2.24) is 4.67 Å². The predicted octanol–water partition coefficient (Wildman–Crippen LogP) is 3.41. The van der Waals surface area contributed by atoms with Crippen molar-refractivity contribution in [3.63, 3.8) is 0 Å². The van der Waals surface area contributed by atoms with Gasteiger partial charge in [0.2, 0.25) is 7.98 Å². The van der Waals surface area contributed by atoms with Gasteiger partial charge >= 0.3 is 0 Å². The molecule has 6 nitrogen and oxygen atoms in total. The van der Waals surface area contributed by atoms with E-state index in [1.54, 1.807) is 6.92 Å². The Labute approximate surface area is 150 Å². The van der Waals surface area contributed by atoms with Crippen LogP contribution in [0.25, 0.3) is 4.85 Å². The number of alkyl halides is 1. The quantitative estimate of drug-likeness (QED) is 0.404. The molecule has 0 aliphatic carbocycles. The van der Waals surface area contributed by atoms with Crippen LogP contribution in [0, 0.1) is 6.57 Å². The van der Waals surface area contributed by atoms with E-state index >= 15 is 0 Å². The van der Waals surface area contributed by atoms with Gasteiger partial charge < -0.3 is 23.7 Å². The fourth-order valence-electron chi connectivity index (χ4n) is 2.42. The number of aliphatic hydroxyl groups excluding tert-OH is 1. The van der Waals surface area contributed by atoms with Crippen LogP contribution in [0.4, 0.5) is 4.39 Å². The number of hydrogen-bond acceptors (Lipinski definition) is 5. The minimum absolute atomic E-state index is 0.0516. The van der Waals surface area contributed by atoms with Crippen LogP contribution in [-0.4, -0.2) is 68.0 Å². The van der Waals surface area contributed by atoms with Gasteiger partial charge in [0.25, 0.3) is 8.53 Å². The van der Waals surface area contributed by atoms with Crippen molar-refractivity contribution in [2.45, 2.75) is 78.1 Å². The molecule has 8 heteroatoms. The Bertz CT molecular complexity index is 410. The van der Waals surface area contributed by atoms with E-state index in [1.165, 1.54) is 7.11 Å². The molecule has 0 aromatic carbocycles. The predicted molar refractivity (Wildman–Crippen MR) is 94.4 cm³/mol. The number of rotatable bonds is 8. The molecular weight excluding hydrogens is 334 g/mol. The summed E-state index contributed by atoms with van der Waals surface area (Å²) in [6, 6.07) is 0.308. The summed E-state index contributed by atoms with van der Waals surface area (Å²) in [6.07, 6.45) is -3.25. The van der Waals surface area contributed by atoms with Crippen LogP contribution >= 0.6 is 8.53 Å². The lowest BCUT2D eigenvalue weighted by atomic mass is 10.1. The Morgan fingerprint density at radius 1 is 1.46 bits per heavy atom. The van der Waals surface area contributed by atoms with Gasteiger partial charge in [0.1, 0.15) is 12.7 Å². The van der Waals surface area contributed by atoms with E-state index in [9.17, 15) is 4.39 Å². The third-order valence-corrected chi connectivity index (χ3v) is 5.51. The van der Waals surface area contributed by atoms with Crippen LogP contribution in [0.1, 0.15) is 42.9 Å². The average Bonchev–Trinajstić information content (AvgIpc) is 2.82. The van der Waals surface area contributed by atoms with E-state index in [1.807, 2.05) is 27.7 Å². The first kappa shape index (κ1) is 20.0. The Morgan fingerprint density at radius 3 is 2.50 bits per heavy atom. The number of ether oxygens (including phenoxy) is 1. The summed E-state index contributed by atoms with van der Waals surface area (Å²) in [6.45, 7) is 17.1. The SMILES string of the molecule is [2H]C[C@H]1O[C@@H](C)C(F)[C@H]1OP(OCC[N+]#[C-])N(C(C)C)C(C)C.[3H]OC. The summed E-state index contributed by atoms with van der Waals surface area (Å²) in [4.78, 5) is 3.28. The van der Waals surface area contributed by atoms with E-state index in [0.29, 0.717) is 0 Å². The molecule has 0 spiro atoms. The molecule has 0 amide bonds. The van der Waals surface area contributed by atoms with E-state index in [4.69, 9.17) is 23.2 Å². The molecular formula is C16H32FN2O4P. The summed E-state index contributed by atoms with van der Waals surface area (Å²) in [5.41, 5.74) is 0. The molecule has 1 aliphatic rings. The topological polar surface area (TPSA) is 55.5 Å². The largest absolute Gasteiger partial charge is 0.400 e. The summed E-state index contributed by atoms with van der Waals surface area (Å²) >= 11 is 0. The zero-order chi connectivity index (χ0) is 20.3. The van der Waals surface area contributed by atoms with Crippen molar-refractivity contribution in [2.24, 2.45) is 0 Å². The Hall–Kier alpha value is -0.350. The fourth-order valence-corrected chi connectivity index (χ4v) is 4.18. The molecule has 1 aliphatic heterocycles. The Kier molecular flexibility index (Phi) is 10.0. The molecule has 142 valence electrons. The van der Waals surface area contributed by atoms with Crippen LogP contribution in [0.15, 0.2) is 0 Å². The first-order valence-electron chi connectivity index (χ1n) is 9.15. The minimum Gasteiger partial charge on any atom is -0.400 e. The highest BCUT2D eigenvalue weighted by Gasteiger charge is 2.44. The minimum atomic E-state index is -1.52. The highest BCUT2D eigenvalue weighted by molar-refractivity contribution is 7.44. The molecule has 0 bridgehead atoms. The normalized spacial score (nSPS) is 29.0. The molecule has 1 N–H and O–H groups in total. The fraction of sp³-hybridized carbons (Fsp3) is 0.938. The second kappa shape index (κ2) is 12.1. The highest BCUT2D eigenvalue weighted by atomic mass is 31.2. The lowest BCUT2D eigenvalue weighted by Gasteiger charge is -2.37. The molecule has 1 saturated heterocycles. The van der Waals surface area contributed by atoms with Crippen molar-refractivity contribution in [3.8, 4) is 0 Å². The molecule has 1 fully saturated rings. The lowest BCUT2D eigenvalue weighted by Crippen LogP contribution is -2.37. The molecule has 0 saturated carbocycles. The lowest BCUT2D eigenvalue weighted by molar-refractivity contribution is 0.0298. The number of aliphatic hydroxyl groups is 1. The summed E-state index contributed by atoms with van der Waals surface area (Å²) in [5, 5.41) is 3.50. The zero-order valence-corrected chi connectivity index (χ0v) is 16.3. The van der Waals surface area contributed by atoms with E-state index in [0.717, 1.165) is 0 Å². The molecule has 0 aromatic rings. The van der Waals surface area contributed by atoms with Gasteiger partial charge in [0.15, 0.2) is 6.17 Å². The third-order valence-electron chi connectivity index (χ3n) is 3.38. The van der Waals surface area contributed by atoms with Crippen LogP contribution in [-0.2, 0) is 13.8 Å². The molecule has 24 heavy (non-hydrogen) atoms. The molecule has 1 rings (SSSR count). The first-order valence-corrected chi connectivity index (χ1v) is 9.17. The van der Waals surface area contributed by atoms with Crippen LogP contribution in [0.2, 0.25) is 0 Å². The number of hydrogen-bond donors (Lipinski definition) is 1. The molecule has 2 unspecified atom stereocenters. The molecule has 5 atom stereocenters. The number of halogens is 1. The molecule has 0 aromatic heterocycles. The van der Waals surface area contributed by atoms with Crippen LogP contribution in [0.5, 0.6) is 0 Å². The number of nitrogens with zero attached hydrogens (tertiary/aromatic N) is 2. The van der Waals surface area contributed by atoms with E-state index < -0.39 is 33.0 Å². The van der Waals surface area contributed by atoms with Crippen molar-refractivity contribution < 1.29 is 24.7 Å². The van der Waals surface area contributed by atoms with Gasteiger partial charge in [-0.25, -0.2) is 15.6 Å². The maximum Gasteiger partial charge on any atom is 0.259 e.